The normalized spacial score (nSPS) is 23.7. The predicted molar refractivity (Wildman–Crippen MR) is 98.5 cm³/mol. The Kier molecular flexibility index (Phi) is 5.17. The van der Waals surface area contributed by atoms with Crippen LogP contribution < -0.4 is 5.32 Å². The Labute approximate surface area is 156 Å². The lowest BCUT2D eigenvalue weighted by Crippen LogP contribution is -2.35. The van der Waals surface area contributed by atoms with Gasteiger partial charge in [0, 0.05) is 42.2 Å². The molecule has 0 amide bonds. The Bertz CT molecular complexity index is 765. The summed E-state index contributed by atoms with van der Waals surface area (Å²) < 4.78 is 26.8. The average Bonchev–Trinajstić information content (AvgIpc) is 2.56. The predicted octanol–water partition coefficient (Wildman–Crippen LogP) is 5.01. The van der Waals surface area contributed by atoms with Gasteiger partial charge in [-0.3, -0.25) is 4.98 Å². The van der Waals surface area contributed by atoms with Crippen LogP contribution in [0.1, 0.15) is 45.1 Å². The maximum atomic E-state index is 13.4. The smallest absolute Gasteiger partial charge is 0.272 e. The molecule has 0 unspecified atom stereocenters. The standard InChI is InChI=1S/C19H22ClF2N3O/c1-18(26)7-5-13(6-8-18)25-16-9-17(20)24-11-14(16)15-4-3-12(10-23-15)19(2,21)22/h3-4,9-11,13,26H,5-8H2,1-2H3,(H,24,25). The third-order valence-corrected chi connectivity index (χ3v) is 5.05. The molecule has 0 aromatic carbocycles. The SMILES string of the molecule is CC1(O)CCC(Nc2cc(Cl)ncc2-c2ccc(C(C)(F)F)cn2)CC1. The number of aliphatic hydroxyl groups is 1. The minimum Gasteiger partial charge on any atom is -0.390 e. The second kappa shape index (κ2) is 7.08. The zero-order valence-electron chi connectivity index (χ0n) is 14.8. The fraction of sp³-hybridized carbons (Fsp3) is 0.474. The van der Waals surface area contributed by atoms with Gasteiger partial charge >= 0.3 is 0 Å². The molecule has 2 aromatic rings. The summed E-state index contributed by atoms with van der Waals surface area (Å²) in [6.45, 7) is 2.70. The number of nitrogens with zero attached hydrogens (tertiary/aromatic N) is 2. The van der Waals surface area contributed by atoms with Crippen molar-refractivity contribution in [2.45, 2.75) is 57.1 Å². The Morgan fingerprint density at radius 1 is 1.23 bits per heavy atom. The van der Waals surface area contributed by atoms with Gasteiger partial charge in [0.25, 0.3) is 5.92 Å². The molecule has 1 aliphatic rings. The number of nitrogens with one attached hydrogen (secondary N) is 1. The van der Waals surface area contributed by atoms with Gasteiger partial charge in [0.15, 0.2) is 0 Å². The van der Waals surface area contributed by atoms with Gasteiger partial charge < -0.3 is 10.4 Å². The molecular formula is C19H22ClF2N3O. The Hall–Kier alpha value is -1.79. The van der Waals surface area contributed by atoms with Crippen molar-refractivity contribution >= 4 is 17.3 Å². The Morgan fingerprint density at radius 2 is 1.92 bits per heavy atom. The van der Waals surface area contributed by atoms with E-state index < -0.39 is 11.5 Å². The maximum Gasteiger partial charge on any atom is 0.272 e. The highest BCUT2D eigenvalue weighted by Gasteiger charge is 2.29. The molecule has 26 heavy (non-hydrogen) atoms. The number of aromatic nitrogens is 2. The molecule has 140 valence electrons. The fourth-order valence-electron chi connectivity index (χ4n) is 3.17. The first-order valence-corrected chi connectivity index (χ1v) is 9.01. The monoisotopic (exact) mass is 381 g/mol. The van der Waals surface area contributed by atoms with Crippen molar-refractivity contribution in [1.29, 1.82) is 0 Å². The average molecular weight is 382 g/mol. The van der Waals surface area contributed by atoms with Crippen LogP contribution in [0.5, 0.6) is 0 Å². The quantitative estimate of drug-likeness (QED) is 0.730. The van der Waals surface area contributed by atoms with Crippen molar-refractivity contribution in [1.82, 2.24) is 9.97 Å². The zero-order chi connectivity index (χ0) is 18.9. The van der Waals surface area contributed by atoms with Crippen LogP contribution in [0.2, 0.25) is 5.15 Å². The summed E-state index contributed by atoms with van der Waals surface area (Å²) in [6, 6.07) is 4.85. The zero-order valence-corrected chi connectivity index (χ0v) is 15.5. The highest BCUT2D eigenvalue weighted by Crippen LogP contribution is 2.34. The number of pyridine rings is 2. The van der Waals surface area contributed by atoms with Crippen molar-refractivity contribution in [2.75, 3.05) is 5.32 Å². The molecule has 0 spiro atoms. The molecule has 0 bridgehead atoms. The van der Waals surface area contributed by atoms with Gasteiger partial charge in [0.1, 0.15) is 5.15 Å². The largest absolute Gasteiger partial charge is 0.390 e. The summed E-state index contributed by atoms with van der Waals surface area (Å²) in [5.74, 6) is -2.93. The van der Waals surface area contributed by atoms with Gasteiger partial charge in [-0.15, -0.1) is 0 Å². The van der Waals surface area contributed by atoms with Gasteiger partial charge in [-0.2, -0.15) is 0 Å². The fourth-order valence-corrected chi connectivity index (χ4v) is 3.33. The van der Waals surface area contributed by atoms with Crippen LogP contribution in [0.4, 0.5) is 14.5 Å². The minimum absolute atomic E-state index is 0.132. The summed E-state index contributed by atoms with van der Waals surface area (Å²) in [4.78, 5) is 8.28. The van der Waals surface area contributed by atoms with Gasteiger partial charge in [-0.1, -0.05) is 11.6 Å². The number of hydrogen-bond donors (Lipinski definition) is 2. The van der Waals surface area contributed by atoms with E-state index in [0.717, 1.165) is 38.3 Å². The lowest BCUT2D eigenvalue weighted by Gasteiger charge is -2.34. The molecule has 0 saturated heterocycles. The van der Waals surface area contributed by atoms with Gasteiger partial charge in [-0.05, 0) is 50.8 Å². The number of alkyl halides is 2. The van der Waals surface area contributed by atoms with E-state index in [4.69, 9.17) is 11.6 Å². The van der Waals surface area contributed by atoms with Crippen LogP contribution in [0, 0.1) is 0 Å². The molecule has 2 aromatic heterocycles. The van der Waals surface area contributed by atoms with E-state index >= 15 is 0 Å². The first kappa shape index (κ1) is 19.0. The van der Waals surface area contributed by atoms with Crippen LogP contribution in [0.15, 0.2) is 30.6 Å². The van der Waals surface area contributed by atoms with E-state index in [1.54, 1.807) is 18.3 Å². The van der Waals surface area contributed by atoms with Crippen LogP contribution >= 0.6 is 11.6 Å². The molecule has 2 heterocycles. The van der Waals surface area contributed by atoms with Gasteiger partial charge in [0.2, 0.25) is 0 Å². The van der Waals surface area contributed by atoms with Crippen LogP contribution in [0.25, 0.3) is 11.3 Å². The maximum absolute atomic E-state index is 13.4. The molecule has 1 saturated carbocycles. The molecule has 4 nitrogen and oxygen atoms in total. The van der Waals surface area contributed by atoms with Crippen molar-refractivity contribution in [3.63, 3.8) is 0 Å². The molecule has 1 fully saturated rings. The summed E-state index contributed by atoms with van der Waals surface area (Å²) >= 11 is 6.04. The molecule has 7 heteroatoms. The first-order valence-electron chi connectivity index (χ1n) is 8.63. The van der Waals surface area contributed by atoms with E-state index in [1.165, 1.54) is 12.3 Å². The van der Waals surface area contributed by atoms with Crippen LogP contribution in [-0.4, -0.2) is 26.7 Å². The van der Waals surface area contributed by atoms with E-state index in [-0.39, 0.29) is 11.6 Å². The van der Waals surface area contributed by atoms with E-state index in [0.29, 0.717) is 16.4 Å². The van der Waals surface area contributed by atoms with Gasteiger partial charge in [-0.25, -0.2) is 13.8 Å². The van der Waals surface area contributed by atoms with Crippen LogP contribution in [-0.2, 0) is 5.92 Å². The molecular weight excluding hydrogens is 360 g/mol. The molecule has 2 N–H and O–H groups in total. The topological polar surface area (TPSA) is 58.0 Å². The van der Waals surface area contributed by atoms with Crippen molar-refractivity contribution < 1.29 is 13.9 Å². The highest BCUT2D eigenvalue weighted by atomic mass is 35.5. The minimum atomic E-state index is -2.93. The summed E-state index contributed by atoms with van der Waals surface area (Å²) in [5.41, 5.74) is 1.28. The van der Waals surface area contributed by atoms with E-state index in [9.17, 15) is 13.9 Å². The number of halogens is 3. The second-order valence-electron chi connectivity index (χ2n) is 7.29. The summed E-state index contributed by atoms with van der Waals surface area (Å²) in [6.07, 6.45) is 5.89. The summed E-state index contributed by atoms with van der Waals surface area (Å²) in [7, 11) is 0. The van der Waals surface area contributed by atoms with Crippen LogP contribution in [0.3, 0.4) is 0 Å². The molecule has 0 aliphatic heterocycles. The van der Waals surface area contributed by atoms with E-state index in [1.807, 2.05) is 6.92 Å². The molecule has 0 atom stereocenters. The number of hydrogen-bond acceptors (Lipinski definition) is 4. The second-order valence-corrected chi connectivity index (χ2v) is 7.68. The lowest BCUT2D eigenvalue weighted by molar-refractivity contribution is 0.0170. The third kappa shape index (κ3) is 4.48. The van der Waals surface area contributed by atoms with Crippen molar-refractivity contribution in [3.8, 4) is 11.3 Å². The number of rotatable bonds is 4. The first-order chi connectivity index (χ1) is 12.1. The van der Waals surface area contributed by atoms with Crippen molar-refractivity contribution in [3.05, 3.63) is 41.3 Å². The molecule has 3 rings (SSSR count). The van der Waals surface area contributed by atoms with Crippen molar-refractivity contribution in [2.24, 2.45) is 0 Å². The third-order valence-electron chi connectivity index (χ3n) is 4.84. The Balaban J connectivity index is 1.84. The number of anilines is 1. The molecule has 0 radical (unpaired) electrons. The molecule has 1 aliphatic carbocycles. The highest BCUT2D eigenvalue weighted by molar-refractivity contribution is 6.29. The van der Waals surface area contributed by atoms with E-state index in [2.05, 4.69) is 15.3 Å². The van der Waals surface area contributed by atoms with Gasteiger partial charge in [0.05, 0.1) is 11.3 Å². The summed E-state index contributed by atoms with van der Waals surface area (Å²) in [5, 5.41) is 13.9. The lowest BCUT2D eigenvalue weighted by atomic mass is 9.83. The Morgan fingerprint density at radius 3 is 2.50 bits per heavy atom.